The van der Waals surface area contributed by atoms with E-state index in [1.807, 2.05) is 30.3 Å². The van der Waals surface area contributed by atoms with E-state index in [2.05, 4.69) is 5.32 Å². The molecular weight excluding hydrogens is 464 g/mol. The summed E-state index contributed by atoms with van der Waals surface area (Å²) >= 11 is 0. The topological polar surface area (TPSA) is 122 Å². The third-order valence-corrected chi connectivity index (χ3v) is 6.27. The van der Waals surface area contributed by atoms with Crippen LogP contribution in [0.4, 0.5) is 4.79 Å². The van der Waals surface area contributed by atoms with Crippen LogP contribution in [0.2, 0.25) is 0 Å². The Kier molecular flexibility index (Phi) is 9.51. The number of amides is 2. The molecular formula is C27H40N2O7. The number of benzene rings is 1. The van der Waals surface area contributed by atoms with E-state index >= 15 is 0 Å². The zero-order valence-electron chi connectivity index (χ0n) is 22.4. The van der Waals surface area contributed by atoms with E-state index in [1.165, 1.54) is 12.0 Å². The third-order valence-electron chi connectivity index (χ3n) is 6.27. The van der Waals surface area contributed by atoms with Crippen LogP contribution in [-0.2, 0) is 30.3 Å². The Balaban J connectivity index is 2.55. The van der Waals surface area contributed by atoms with Crippen LogP contribution in [0, 0.1) is 11.3 Å². The first-order valence-electron chi connectivity index (χ1n) is 12.3. The molecule has 1 fully saturated rings. The molecule has 0 radical (unpaired) electrons. The second-order valence-electron chi connectivity index (χ2n) is 11.4. The largest absolute Gasteiger partial charge is 0.481 e. The highest BCUT2D eigenvalue weighted by Crippen LogP contribution is 2.34. The van der Waals surface area contributed by atoms with Gasteiger partial charge in [-0.1, -0.05) is 51.1 Å². The number of hydrogen-bond acceptors (Lipinski definition) is 6. The number of rotatable bonds is 9. The number of nitrogens with one attached hydrogen (secondary N) is 1. The summed E-state index contributed by atoms with van der Waals surface area (Å²) in [5.74, 6) is -3.75. The average Bonchev–Trinajstić information content (AvgIpc) is 2.71. The van der Waals surface area contributed by atoms with E-state index in [0.29, 0.717) is 12.8 Å². The Morgan fingerprint density at radius 2 is 1.64 bits per heavy atom. The lowest BCUT2D eigenvalue weighted by molar-refractivity contribution is -0.161. The second-order valence-corrected chi connectivity index (χ2v) is 11.4. The van der Waals surface area contributed by atoms with Crippen molar-refractivity contribution < 1.29 is 33.8 Å². The molecule has 1 aromatic rings. The summed E-state index contributed by atoms with van der Waals surface area (Å²) in [6, 6.07) is 6.53. The number of hydrogen-bond donors (Lipinski definition) is 2. The molecule has 3 atom stereocenters. The molecule has 200 valence electrons. The molecule has 1 aliphatic rings. The first kappa shape index (κ1) is 29.1. The molecule has 2 N–H and O–H groups in total. The van der Waals surface area contributed by atoms with Gasteiger partial charge in [-0.05, 0) is 51.0 Å². The highest BCUT2D eigenvalue weighted by Gasteiger charge is 2.49. The third kappa shape index (κ3) is 7.70. The molecule has 36 heavy (non-hydrogen) atoms. The Morgan fingerprint density at radius 1 is 1.06 bits per heavy atom. The van der Waals surface area contributed by atoms with Gasteiger partial charge in [0.05, 0.1) is 13.0 Å². The van der Waals surface area contributed by atoms with E-state index in [9.17, 15) is 24.3 Å². The number of carbonyl (C=O) groups is 4. The van der Waals surface area contributed by atoms with Crippen molar-refractivity contribution in [2.45, 2.75) is 91.0 Å². The quantitative estimate of drug-likeness (QED) is 0.491. The van der Waals surface area contributed by atoms with Crippen molar-refractivity contribution in [3.8, 4) is 0 Å². The molecule has 1 unspecified atom stereocenters. The van der Waals surface area contributed by atoms with Crippen LogP contribution in [0.5, 0.6) is 0 Å². The van der Waals surface area contributed by atoms with Crippen LogP contribution in [0.1, 0.15) is 66.4 Å². The molecule has 9 nitrogen and oxygen atoms in total. The molecule has 1 aromatic carbocycles. The molecule has 2 amide bonds. The average molecular weight is 505 g/mol. The van der Waals surface area contributed by atoms with Gasteiger partial charge in [-0.25, -0.2) is 9.59 Å². The molecule has 0 bridgehead atoms. The predicted octanol–water partition coefficient (Wildman–Crippen LogP) is 3.79. The minimum absolute atomic E-state index is 0.197. The van der Waals surface area contributed by atoms with Crippen LogP contribution in [-0.4, -0.2) is 64.8 Å². The minimum Gasteiger partial charge on any atom is -0.481 e. The summed E-state index contributed by atoms with van der Waals surface area (Å²) < 4.78 is 10.4. The zero-order chi connectivity index (χ0) is 27.3. The SMILES string of the molecule is COC(=O)[C@H](Cc1ccccc1)N(C(=O)[C@@H](NC(=O)OC(C)(C)C)C(C(=O)O)C(C)(C)C)C1CCC1. The van der Waals surface area contributed by atoms with Crippen LogP contribution in [0.15, 0.2) is 30.3 Å². The van der Waals surface area contributed by atoms with Gasteiger partial charge < -0.3 is 24.8 Å². The number of carbonyl (C=O) groups excluding carboxylic acids is 3. The van der Waals surface area contributed by atoms with Gasteiger partial charge >= 0.3 is 18.0 Å². The van der Waals surface area contributed by atoms with Crippen molar-refractivity contribution in [3.63, 3.8) is 0 Å². The summed E-state index contributed by atoms with van der Waals surface area (Å²) in [4.78, 5) is 53.8. The number of aliphatic carboxylic acids is 1. The normalized spacial score (nSPS) is 16.6. The maximum absolute atomic E-state index is 14.2. The maximum Gasteiger partial charge on any atom is 0.408 e. The fourth-order valence-electron chi connectivity index (χ4n) is 4.42. The van der Waals surface area contributed by atoms with E-state index in [0.717, 1.165) is 12.0 Å². The summed E-state index contributed by atoms with van der Waals surface area (Å²) in [5.41, 5.74) is -0.924. The Morgan fingerprint density at radius 3 is 2.06 bits per heavy atom. The van der Waals surface area contributed by atoms with E-state index in [-0.39, 0.29) is 12.5 Å². The van der Waals surface area contributed by atoms with Crippen LogP contribution >= 0.6 is 0 Å². The number of methoxy groups -OCH3 is 1. The predicted molar refractivity (Wildman–Crippen MR) is 134 cm³/mol. The Bertz CT molecular complexity index is 930. The fourth-order valence-corrected chi connectivity index (χ4v) is 4.42. The summed E-state index contributed by atoms with van der Waals surface area (Å²) in [7, 11) is 1.26. The van der Waals surface area contributed by atoms with E-state index < -0.39 is 53.0 Å². The first-order chi connectivity index (χ1) is 16.7. The van der Waals surface area contributed by atoms with Crippen molar-refractivity contribution in [1.82, 2.24) is 10.2 Å². The molecule has 9 heteroatoms. The number of carboxylic acids is 1. The summed E-state index contributed by atoms with van der Waals surface area (Å²) in [5, 5.41) is 12.7. The lowest BCUT2D eigenvalue weighted by atomic mass is 9.75. The van der Waals surface area contributed by atoms with Gasteiger partial charge in [-0.15, -0.1) is 0 Å². The lowest BCUT2D eigenvalue weighted by Crippen LogP contribution is -2.63. The van der Waals surface area contributed by atoms with Crippen LogP contribution in [0.25, 0.3) is 0 Å². The highest BCUT2D eigenvalue weighted by molar-refractivity contribution is 5.93. The van der Waals surface area contributed by atoms with Crippen molar-refractivity contribution in [2.24, 2.45) is 11.3 Å². The number of alkyl carbamates (subject to hydrolysis) is 1. The first-order valence-corrected chi connectivity index (χ1v) is 12.3. The van der Waals surface area contributed by atoms with E-state index in [4.69, 9.17) is 9.47 Å². The van der Waals surface area contributed by atoms with Crippen molar-refractivity contribution >= 4 is 23.9 Å². The van der Waals surface area contributed by atoms with Gasteiger partial charge in [0.25, 0.3) is 0 Å². The highest BCUT2D eigenvalue weighted by atomic mass is 16.6. The Hall–Kier alpha value is -3.10. The van der Waals surface area contributed by atoms with Gasteiger partial charge in [-0.2, -0.15) is 0 Å². The van der Waals surface area contributed by atoms with E-state index in [1.54, 1.807) is 41.5 Å². The fraction of sp³-hybridized carbons (Fsp3) is 0.630. The number of ether oxygens (including phenoxy) is 2. The van der Waals surface area contributed by atoms with Crippen LogP contribution < -0.4 is 5.32 Å². The number of nitrogens with zero attached hydrogens (tertiary/aromatic N) is 1. The molecule has 0 spiro atoms. The van der Waals surface area contributed by atoms with Gasteiger partial charge in [0.2, 0.25) is 5.91 Å². The standard InChI is InChI=1S/C27H40N2O7/c1-26(2,3)20(23(31)32)21(28-25(34)36-27(4,5)6)22(30)29(18-14-11-15-18)19(24(33)35-7)16-17-12-9-8-10-13-17/h8-10,12-13,18-21H,11,14-16H2,1-7H3,(H,28,34)(H,31,32)/t19-,20?,21-/m0/s1. The lowest BCUT2D eigenvalue weighted by Gasteiger charge is -2.45. The second kappa shape index (κ2) is 11.8. The van der Waals surface area contributed by atoms with Crippen molar-refractivity contribution in [3.05, 3.63) is 35.9 Å². The Labute approximate surface area is 213 Å². The summed E-state index contributed by atoms with van der Waals surface area (Å²) in [6.45, 7) is 10.1. The minimum atomic E-state index is -1.46. The van der Waals surface area contributed by atoms with Crippen LogP contribution in [0.3, 0.4) is 0 Å². The zero-order valence-corrected chi connectivity index (χ0v) is 22.4. The monoisotopic (exact) mass is 504 g/mol. The molecule has 1 saturated carbocycles. The van der Waals surface area contributed by atoms with Gasteiger partial charge in [0.1, 0.15) is 17.7 Å². The van der Waals surface area contributed by atoms with Gasteiger partial charge in [-0.3, -0.25) is 9.59 Å². The molecule has 1 aliphatic carbocycles. The number of esters is 1. The molecule has 0 aromatic heterocycles. The molecule has 2 rings (SSSR count). The van der Waals surface area contributed by atoms with Crippen molar-refractivity contribution in [2.75, 3.05) is 7.11 Å². The smallest absolute Gasteiger partial charge is 0.408 e. The molecule has 0 aliphatic heterocycles. The van der Waals surface area contributed by atoms with Gasteiger partial charge in [0, 0.05) is 12.5 Å². The van der Waals surface area contributed by atoms with Gasteiger partial charge in [0.15, 0.2) is 0 Å². The maximum atomic E-state index is 14.2. The molecule has 0 heterocycles. The summed E-state index contributed by atoms with van der Waals surface area (Å²) in [6.07, 6.45) is 1.50. The molecule has 0 saturated heterocycles. The number of carboxylic acid groups (broad SMARTS) is 1. The van der Waals surface area contributed by atoms with Crippen molar-refractivity contribution in [1.29, 1.82) is 0 Å².